The second-order valence-electron chi connectivity index (χ2n) is 23.1. The van der Waals surface area contributed by atoms with E-state index in [-0.39, 0.29) is 16.6 Å². The summed E-state index contributed by atoms with van der Waals surface area (Å²) >= 11 is 0. The number of hydrogen-bond donors (Lipinski definition) is 0. The zero-order valence-corrected chi connectivity index (χ0v) is 45.9. The first-order chi connectivity index (χ1) is 35.2. The van der Waals surface area contributed by atoms with Crippen molar-refractivity contribution in [1.82, 2.24) is 0 Å². The molecule has 0 spiro atoms. The largest absolute Gasteiger partial charge is 0.289 e. The number of rotatable bonds is 26. The van der Waals surface area contributed by atoms with Crippen molar-refractivity contribution in [3.63, 3.8) is 0 Å². The van der Waals surface area contributed by atoms with Crippen molar-refractivity contribution < 1.29 is 4.79 Å². The van der Waals surface area contributed by atoms with Crippen LogP contribution in [0.4, 0.5) is 0 Å². The smallest absolute Gasteiger partial charge is 0.194 e. The van der Waals surface area contributed by atoms with Gasteiger partial charge < -0.3 is 0 Å². The minimum Gasteiger partial charge on any atom is -0.289 e. The molecular weight excluding hydrogens is 869 g/mol. The highest BCUT2D eigenvalue weighted by Gasteiger charge is 2.47. The number of carbonyl (C=O) groups excluding carboxylic acids is 1. The van der Waals surface area contributed by atoms with Gasteiger partial charge in [-0.1, -0.05) is 255 Å². The van der Waals surface area contributed by atoms with Crippen LogP contribution in [0, 0.1) is 23.7 Å². The molecule has 72 heavy (non-hydrogen) atoms. The average Bonchev–Trinajstić information content (AvgIpc) is 3.97. The van der Waals surface area contributed by atoms with Gasteiger partial charge >= 0.3 is 0 Å². The summed E-state index contributed by atoms with van der Waals surface area (Å²) in [5, 5.41) is 0. The molecule has 1 nitrogen and oxygen atoms in total. The SMILES string of the molecule is CCCCC(CC)CC1(CC(CC)CCCC)c2ccccc2-c2ccc(-c3ccc4c(c3)C(=O)c3cc(-c5ccc6c(c5)C(CC(CC)CCCC)(CC(CC)CCCC)c5ccccc5-6)ccc3-4)cc21. The molecule has 4 atom stereocenters. The van der Waals surface area contributed by atoms with Crippen molar-refractivity contribution in [3.8, 4) is 55.6 Å². The second-order valence-corrected chi connectivity index (χ2v) is 23.1. The van der Waals surface area contributed by atoms with Crippen LogP contribution in [0.25, 0.3) is 55.6 Å². The average molecular weight is 957 g/mol. The van der Waals surface area contributed by atoms with Crippen LogP contribution in [0.5, 0.6) is 0 Å². The first-order valence-electron chi connectivity index (χ1n) is 29.5. The molecule has 9 rings (SSSR count). The van der Waals surface area contributed by atoms with Gasteiger partial charge in [0.1, 0.15) is 0 Å². The van der Waals surface area contributed by atoms with E-state index >= 15 is 0 Å². The van der Waals surface area contributed by atoms with Crippen LogP contribution in [0.15, 0.2) is 121 Å². The molecule has 0 saturated heterocycles. The lowest BCUT2D eigenvalue weighted by atomic mass is 9.65. The van der Waals surface area contributed by atoms with Gasteiger partial charge in [0.2, 0.25) is 0 Å². The van der Waals surface area contributed by atoms with Crippen LogP contribution in [0.1, 0.15) is 222 Å². The summed E-state index contributed by atoms with van der Waals surface area (Å²) in [6.07, 6.45) is 25.1. The van der Waals surface area contributed by atoms with Crippen molar-refractivity contribution in [2.45, 2.75) is 195 Å². The van der Waals surface area contributed by atoms with E-state index in [1.54, 1.807) is 11.1 Å². The zero-order chi connectivity index (χ0) is 50.4. The lowest BCUT2D eigenvalue weighted by Crippen LogP contribution is -2.31. The number of fused-ring (bicyclic) bond motifs is 9. The summed E-state index contributed by atoms with van der Waals surface area (Å²) in [6, 6.07) is 47.0. The highest BCUT2D eigenvalue weighted by molar-refractivity contribution is 6.22. The molecule has 0 aromatic heterocycles. The maximum absolute atomic E-state index is 14.9. The third-order valence-corrected chi connectivity index (χ3v) is 18.7. The zero-order valence-electron chi connectivity index (χ0n) is 45.9. The highest BCUT2D eigenvalue weighted by atomic mass is 16.1. The summed E-state index contributed by atoms with van der Waals surface area (Å²) < 4.78 is 0. The van der Waals surface area contributed by atoms with Gasteiger partial charge in [0.25, 0.3) is 0 Å². The molecule has 0 radical (unpaired) electrons. The molecule has 0 heterocycles. The first kappa shape index (κ1) is 51.9. The van der Waals surface area contributed by atoms with E-state index in [1.165, 1.54) is 173 Å². The summed E-state index contributed by atoms with van der Waals surface area (Å²) in [5.41, 5.74) is 20.3. The molecule has 0 N–H and O–H groups in total. The standard InChI is InChI=1S/C71H88O/c1-9-17-25-49(13-5)45-70(46-50(14-6)26-18-10-2)65-31-23-21-29-59(65)61-39-35-55(43-67(61)70)53-33-37-57-58-38-34-54(42-64(58)69(72)63(57)41-53)56-36-40-62-60-30-22-24-32-66(60)71(68(62)44-56,47-51(15-7)27-19-11-3)48-52(16-8)28-20-12-4/h21-24,29-44,49-52H,9-20,25-28,45-48H2,1-8H3. The maximum Gasteiger partial charge on any atom is 0.194 e. The monoisotopic (exact) mass is 957 g/mol. The Morgan fingerprint density at radius 2 is 0.611 bits per heavy atom. The Bertz CT molecular complexity index is 2590. The maximum atomic E-state index is 14.9. The van der Waals surface area contributed by atoms with E-state index in [0.29, 0.717) is 23.7 Å². The number of carbonyl (C=O) groups is 1. The Morgan fingerprint density at radius 3 is 0.931 bits per heavy atom. The normalized spacial score (nSPS) is 18.8. The third-order valence-electron chi connectivity index (χ3n) is 18.7. The Kier molecular flexibility index (Phi) is 16.6. The van der Waals surface area contributed by atoms with E-state index in [0.717, 1.165) is 33.4 Å². The molecule has 4 unspecified atom stereocenters. The molecule has 3 aliphatic rings. The molecule has 0 fully saturated rings. The van der Waals surface area contributed by atoms with Crippen LogP contribution in [-0.4, -0.2) is 5.78 Å². The summed E-state index contributed by atoms with van der Waals surface area (Å²) in [4.78, 5) is 14.9. The Morgan fingerprint density at radius 1 is 0.319 bits per heavy atom. The predicted octanol–water partition coefficient (Wildman–Crippen LogP) is 21.2. The second kappa shape index (κ2) is 23.0. The number of hydrogen-bond acceptors (Lipinski definition) is 1. The minimum absolute atomic E-state index is 0.0243. The van der Waals surface area contributed by atoms with Gasteiger partial charge in [-0.2, -0.15) is 0 Å². The van der Waals surface area contributed by atoms with Gasteiger partial charge in [0, 0.05) is 22.0 Å². The lowest BCUT2D eigenvalue weighted by molar-refractivity contribution is 0.104. The quantitative estimate of drug-likeness (QED) is 0.0529. The predicted molar refractivity (Wildman–Crippen MR) is 310 cm³/mol. The van der Waals surface area contributed by atoms with Crippen LogP contribution in [0.3, 0.4) is 0 Å². The van der Waals surface area contributed by atoms with Crippen LogP contribution in [0.2, 0.25) is 0 Å². The number of benzene rings is 6. The first-order valence-corrected chi connectivity index (χ1v) is 29.5. The van der Waals surface area contributed by atoms with Crippen molar-refractivity contribution in [1.29, 1.82) is 0 Å². The fourth-order valence-corrected chi connectivity index (χ4v) is 14.5. The van der Waals surface area contributed by atoms with Crippen LogP contribution >= 0.6 is 0 Å². The van der Waals surface area contributed by atoms with Crippen molar-refractivity contribution in [2.24, 2.45) is 23.7 Å². The van der Waals surface area contributed by atoms with E-state index in [2.05, 4.69) is 177 Å². The number of ketones is 1. The van der Waals surface area contributed by atoms with Crippen molar-refractivity contribution >= 4 is 5.78 Å². The van der Waals surface area contributed by atoms with Crippen LogP contribution < -0.4 is 0 Å². The summed E-state index contributed by atoms with van der Waals surface area (Å²) in [5.74, 6) is 2.88. The van der Waals surface area contributed by atoms with Gasteiger partial charge in [-0.05, 0) is 152 Å². The molecule has 6 aromatic rings. The lowest BCUT2D eigenvalue weighted by Gasteiger charge is -2.39. The van der Waals surface area contributed by atoms with Crippen molar-refractivity contribution in [3.05, 3.63) is 155 Å². The van der Waals surface area contributed by atoms with Gasteiger partial charge in [-0.3, -0.25) is 4.79 Å². The van der Waals surface area contributed by atoms with Gasteiger partial charge in [0.05, 0.1) is 0 Å². The summed E-state index contributed by atoms with van der Waals surface area (Å²) in [6.45, 7) is 19.1. The Labute approximate surface area is 437 Å². The third kappa shape index (κ3) is 9.78. The molecule has 0 saturated carbocycles. The van der Waals surface area contributed by atoms with Crippen molar-refractivity contribution in [2.75, 3.05) is 0 Å². The van der Waals surface area contributed by atoms with Crippen LogP contribution in [-0.2, 0) is 10.8 Å². The molecule has 3 aliphatic carbocycles. The van der Waals surface area contributed by atoms with Gasteiger partial charge in [-0.25, -0.2) is 0 Å². The van der Waals surface area contributed by atoms with E-state index in [1.807, 2.05) is 0 Å². The Balaban J connectivity index is 1.08. The van der Waals surface area contributed by atoms with E-state index < -0.39 is 0 Å². The molecule has 378 valence electrons. The summed E-state index contributed by atoms with van der Waals surface area (Å²) in [7, 11) is 0. The molecular formula is C71H88O. The molecule has 1 heteroatoms. The minimum atomic E-state index is -0.0243. The number of unbranched alkanes of at least 4 members (excludes halogenated alkanes) is 4. The highest BCUT2D eigenvalue weighted by Crippen LogP contribution is 2.59. The topological polar surface area (TPSA) is 17.1 Å². The molecule has 0 amide bonds. The fraction of sp³-hybridized carbons (Fsp3) is 0.479. The molecule has 0 aliphatic heterocycles. The molecule has 6 aromatic carbocycles. The Hall–Kier alpha value is -5.01. The van der Waals surface area contributed by atoms with E-state index in [4.69, 9.17) is 0 Å². The van der Waals surface area contributed by atoms with Gasteiger partial charge in [0.15, 0.2) is 5.78 Å². The fourth-order valence-electron chi connectivity index (χ4n) is 14.5. The molecule has 0 bridgehead atoms. The van der Waals surface area contributed by atoms with E-state index in [9.17, 15) is 4.79 Å². The van der Waals surface area contributed by atoms with Gasteiger partial charge in [-0.15, -0.1) is 0 Å².